The van der Waals surface area contributed by atoms with Gasteiger partial charge in [-0.2, -0.15) is 0 Å². The molecule has 1 nitrogen and oxygen atoms in total. The molecule has 20 heavy (non-hydrogen) atoms. The zero-order chi connectivity index (χ0) is 14.7. The van der Waals surface area contributed by atoms with Gasteiger partial charge in [0, 0.05) is 4.47 Å². The van der Waals surface area contributed by atoms with Gasteiger partial charge in [-0.05, 0) is 57.1 Å². The zero-order valence-corrected chi connectivity index (χ0v) is 13.9. The van der Waals surface area contributed by atoms with Gasteiger partial charge in [0.05, 0.1) is 5.02 Å². The molecule has 0 fully saturated rings. The third-order valence-electron chi connectivity index (χ3n) is 3.20. The van der Waals surface area contributed by atoms with Gasteiger partial charge in [-0.1, -0.05) is 55.8 Å². The maximum atomic E-state index is 10.4. The first-order valence-electron chi connectivity index (χ1n) is 6.69. The fraction of sp³-hybridized carbons (Fsp3) is 0.294. The molecule has 2 aromatic rings. The Bertz CT molecular complexity index is 578. The van der Waals surface area contributed by atoms with E-state index in [-0.39, 0.29) is 0 Å². The van der Waals surface area contributed by atoms with Crippen molar-refractivity contribution in [3.63, 3.8) is 0 Å². The monoisotopic (exact) mass is 352 g/mol. The van der Waals surface area contributed by atoms with Crippen molar-refractivity contribution in [2.45, 2.75) is 26.4 Å². The van der Waals surface area contributed by atoms with Gasteiger partial charge in [-0.3, -0.25) is 0 Å². The van der Waals surface area contributed by atoms with Crippen LogP contribution in [0.15, 0.2) is 46.9 Å². The van der Waals surface area contributed by atoms with Gasteiger partial charge in [0.2, 0.25) is 0 Å². The van der Waals surface area contributed by atoms with Crippen molar-refractivity contribution in [1.29, 1.82) is 0 Å². The lowest BCUT2D eigenvalue weighted by molar-refractivity contribution is 0.220. The topological polar surface area (TPSA) is 20.2 Å². The van der Waals surface area contributed by atoms with Crippen LogP contribution in [0.5, 0.6) is 0 Å². The van der Waals surface area contributed by atoms with Crippen LogP contribution in [0.25, 0.3) is 0 Å². The number of aliphatic hydroxyl groups is 1. The lowest BCUT2D eigenvalue weighted by atomic mass is 9.97. The highest BCUT2D eigenvalue weighted by atomic mass is 79.9. The molecule has 0 bridgehead atoms. The second-order valence-corrected chi connectivity index (χ2v) is 6.68. The third kappa shape index (κ3) is 3.85. The Morgan fingerprint density at radius 2 is 1.65 bits per heavy atom. The number of halogens is 2. The summed E-state index contributed by atoms with van der Waals surface area (Å²) >= 11 is 9.42. The van der Waals surface area contributed by atoms with Crippen LogP contribution in [0.3, 0.4) is 0 Å². The molecule has 1 N–H and O–H groups in total. The second kappa shape index (κ2) is 6.75. The van der Waals surface area contributed by atoms with Gasteiger partial charge >= 0.3 is 0 Å². The van der Waals surface area contributed by atoms with Crippen LogP contribution in [0.2, 0.25) is 5.02 Å². The summed E-state index contributed by atoms with van der Waals surface area (Å²) in [6, 6.07) is 13.7. The summed E-state index contributed by atoms with van der Waals surface area (Å²) < 4.78 is 0.836. The van der Waals surface area contributed by atoms with Crippen LogP contribution >= 0.6 is 27.5 Å². The summed E-state index contributed by atoms with van der Waals surface area (Å²) in [5.41, 5.74) is 2.98. The Hall–Kier alpha value is -0.830. The van der Waals surface area contributed by atoms with Crippen molar-refractivity contribution >= 4 is 27.5 Å². The van der Waals surface area contributed by atoms with Gasteiger partial charge in [0.25, 0.3) is 0 Å². The zero-order valence-electron chi connectivity index (χ0n) is 11.6. The maximum absolute atomic E-state index is 10.4. The molecule has 2 rings (SSSR count). The van der Waals surface area contributed by atoms with Crippen molar-refractivity contribution in [2.75, 3.05) is 0 Å². The number of hydrogen-bond acceptors (Lipinski definition) is 1. The summed E-state index contributed by atoms with van der Waals surface area (Å²) in [6.45, 7) is 4.40. The lowest BCUT2D eigenvalue weighted by Crippen LogP contribution is -2.01. The minimum atomic E-state index is -0.645. The van der Waals surface area contributed by atoms with E-state index in [1.54, 1.807) is 6.07 Å². The van der Waals surface area contributed by atoms with Crippen LogP contribution in [0.4, 0.5) is 0 Å². The van der Waals surface area contributed by atoms with Gasteiger partial charge < -0.3 is 5.11 Å². The summed E-state index contributed by atoms with van der Waals surface area (Å²) in [5.74, 6) is 0.635. The molecular weight excluding hydrogens is 336 g/mol. The highest BCUT2D eigenvalue weighted by Gasteiger charge is 2.12. The Labute approximate surface area is 133 Å². The Kier molecular flexibility index (Phi) is 5.25. The molecule has 0 saturated carbocycles. The molecule has 2 aromatic carbocycles. The molecule has 0 spiro atoms. The minimum Gasteiger partial charge on any atom is -0.384 e. The molecule has 0 aromatic heterocycles. The number of benzene rings is 2. The van der Waals surface area contributed by atoms with Crippen molar-refractivity contribution < 1.29 is 5.11 Å². The summed E-state index contributed by atoms with van der Waals surface area (Å²) in [5, 5.41) is 11.0. The van der Waals surface area contributed by atoms with Gasteiger partial charge in [0.15, 0.2) is 0 Å². The van der Waals surface area contributed by atoms with E-state index in [1.165, 1.54) is 5.56 Å². The fourth-order valence-corrected chi connectivity index (χ4v) is 2.62. The van der Waals surface area contributed by atoms with Crippen LogP contribution in [-0.4, -0.2) is 5.11 Å². The minimum absolute atomic E-state index is 0.609. The summed E-state index contributed by atoms with van der Waals surface area (Å²) in [7, 11) is 0. The number of rotatable bonds is 4. The van der Waals surface area contributed by atoms with E-state index in [0.717, 1.165) is 22.0 Å². The van der Waals surface area contributed by atoms with E-state index < -0.39 is 6.10 Å². The van der Waals surface area contributed by atoms with E-state index in [1.807, 2.05) is 24.3 Å². The average molecular weight is 354 g/mol. The van der Waals surface area contributed by atoms with Crippen LogP contribution in [0, 0.1) is 5.92 Å². The lowest BCUT2D eigenvalue weighted by Gasteiger charge is -2.13. The largest absolute Gasteiger partial charge is 0.384 e. The molecule has 0 aliphatic heterocycles. The first-order chi connectivity index (χ1) is 9.47. The quantitative estimate of drug-likeness (QED) is 0.782. The normalized spacial score (nSPS) is 12.7. The summed E-state index contributed by atoms with van der Waals surface area (Å²) in [6.07, 6.45) is 0.411. The predicted molar refractivity (Wildman–Crippen MR) is 88.2 cm³/mol. The van der Waals surface area contributed by atoms with Crippen LogP contribution < -0.4 is 0 Å². The third-order valence-corrected chi connectivity index (χ3v) is 4.43. The molecule has 0 heterocycles. The first kappa shape index (κ1) is 15.6. The van der Waals surface area contributed by atoms with Gasteiger partial charge in [-0.25, -0.2) is 0 Å². The van der Waals surface area contributed by atoms with Gasteiger partial charge in [-0.15, -0.1) is 0 Å². The van der Waals surface area contributed by atoms with Crippen LogP contribution in [0.1, 0.15) is 36.6 Å². The molecule has 3 heteroatoms. The molecule has 0 radical (unpaired) electrons. The van der Waals surface area contributed by atoms with Crippen LogP contribution in [-0.2, 0) is 6.42 Å². The number of hydrogen-bond donors (Lipinski definition) is 1. The van der Waals surface area contributed by atoms with Crippen molar-refractivity contribution in [3.8, 4) is 0 Å². The second-order valence-electron chi connectivity index (χ2n) is 5.42. The van der Waals surface area contributed by atoms with E-state index in [2.05, 4.69) is 41.9 Å². The molecule has 1 unspecified atom stereocenters. The smallest absolute Gasteiger partial charge is 0.104 e. The SMILES string of the molecule is CC(C)Cc1ccc(C(O)c2ccc(Br)c(Cl)c2)cc1. The molecular formula is C17H18BrClO. The van der Waals surface area contributed by atoms with E-state index >= 15 is 0 Å². The molecule has 106 valence electrons. The molecule has 1 atom stereocenters. The van der Waals surface area contributed by atoms with Crippen molar-refractivity contribution in [3.05, 3.63) is 68.7 Å². The van der Waals surface area contributed by atoms with Gasteiger partial charge in [0.1, 0.15) is 6.10 Å². The highest BCUT2D eigenvalue weighted by molar-refractivity contribution is 9.10. The Morgan fingerprint density at radius 3 is 2.20 bits per heavy atom. The standard InChI is InChI=1S/C17H18BrClO/c1-11(2)9-12-3-5-13(6-4-12)17(20)14-7-8-15(18)16(19)10-14/h3-8,10-11,17,20H,9H2,1-2H3. The Balaban J connectivity index is 2.20. The van der Waals surface area contributed by atoms with E-state index in [4.69, 9.17) is 11.6 Å². The molecule has 0 aliphatic carbocycles. The maximum Gasteiger partial charge on any atom is 0.104 e. The average Bonchev–Trinajstić information content (AvgIpc) is 2.41. The van der Waals surface area contributed by atoms with E-state index in [9.17, 15) is 5.11 Å². The van der Waals surface area contributed by atoms with Crippen molar-refractivity contribution in [1.82, 2.24) is 0 Å². The number of aliphatic hydroxyl groups excluding tert-OH is 1. The molecule has 0 saturated heterocycles. The Morgan fingerprint density at radius 1 is 1.05 bits per heavy atom. The summed E-state index contributed by atoms with van der Waals surface area (Å²) in [4.78, 5) is 0. The van der Waals surface area contributed by atoms with E-state index in [0.29, 0.717) is 10.9 Å². The highest BCUT2D eigenvalue weighted by Crippen LogP contribution is 2.29. The molecule has 0 aliphatic rings. The predicted octanol–water partition coefficient (Wildman–Crippen LogP) is 5.38. The van der Waals surface area contributed by atoms with Crippen molar-refractivity contribution in [2.24, 2.45) is 5.92 Å². The first-order valence-corrected chi connectivity index (χ1v) is 7.86. The fourth-order valence-electron chi connectivity index (χ4n) is 2.18. The molecule has 0 amide bonds.